The molecule has 1 heterocycles. The van der Waals surface area contributed by atoms with E-state index in [2.05, 4.69) is 33.2 Å². The van der Waals surface area contributed by atoms with Crippen LogP contribution in [0.3, 0.4) is 0 Å². The van der Waals surface area contributed by atoms with Gasteiger partial charge in [0.2, 0.25) is 0 Å². The van der Waals surface area contributed by atoms with E-state index in [-0.39, 0.29) is 5.91 Å². The number of nitrogens with one attached hydrogen (secondary N) is 1. The van der Waals surface area contributed by atoms with Gasteiger partial charge in [-0.05, 0) is 28.4 Å². The summed E-state index contributed by atoms with van der Waals surface area (Å²) in [6.45, 7) is 2.87. The Morgan fingerprint density at radius 2 is 2.27 bits per heavy atom. The van der Waals surface area contributed by atoms with E-state index in [9.17, 15) is 4.79 Å². The number of hydrogen-bond acceptors (Lipinski definition) is 2. The molecule has 0 fully saturated rings. The first kappa shape index (κ1) is 12.2. The Bertz CT molecular complexity index is 328. The molecule has 1 aromatic rings. The predicted molar refractivity (Wildman–Crippen MR) is 63.8 cm³/mol. The van der Waals surface area contributed by atoms with Gasteiger partial charge in [0.25, 0.3) is 5.91 Å². The number of unbranched alkanes of at least 4 members (excludes halogenated alkanes) is 2. The first-order valence-corrected chi connectivity index (χ1v) is 5.92. The molecule has 15 heavy (non-hydrogen) atoms. The third-order valence-electron chi connectivity index (χ3n) is 2.03. The van der Waals surface area contributed by atoms with Gasteiger partial charge in [0.05, 0.1) is 5.56 Å². The average molecular weight is 271 g/mol. The minimum absolute atomic E-state index is 0.0556. The Balaban J connectivity index is 2.40. The van der Waals surface area contributed by atoms with Crippen molar-refractivity contribution in [2.75, 3.05) is 6.54 Å². The second-order valence-electron chi connectivity index (χ2n) is 3.35. The number of halogens is 1. The first-order chi connectivity index (χ1) is 7.24. The SMILES string of the molecule is CCCCCNC(=O)c1cncc(Br)c1. The molecule has 0 unspecified atom stereocenters. The number of pyridine rings is 1. The van der Waals surface area contributed by atoms with E-state index in [1.807, 2.05) is 0 Å². The summed E-state index contributed by atoms with van der Waals surface area (Å²) >= 11 is 3.28. The number of nitrogens with zero attached hydrogens (tertiary/aromatic N) is 1. The number of hydrogen-bond donors (Lipinski definition) is 1. The third-order valence-corrected chi connectivity index (χ3v) is 2.47. The monoisotopic (exact) mass is 270 g/mol. The van der Waals surface area contributed by atoms with E-state index in [4.69, 9.17) is 0 Å². The Hall–Kier alpha value is -0.900. The van der Waals surface area contributed by atoms with E-state index in [0.717, 1.165) is 30.3 Å². The topological polar surface area (TPSA) is 42.0 Å². The van der Waals surface area contributed by atoms with Crippen molar-refractivity contribution in [3.63, 3.8) is 0 Å². The normalized spacial score (nSPS) is 10.0. The Morgan fingerprint density at radius 1 is 1.47 bits per heavy atom. The van der Waals surface area contributed by atoms with Crippen molar-refractivity contribution in [2.45, 2.75) is 26.2 Å². The lowest BCUT2D eigenvalue weighted by Gasteiger charge is -2.04. The van der Waals surface area contributed by atoms with Gasteiger partial charge in [0.1, 0.15) is 0 Å². The van der Waals surface area contributed by atoms with Gasteiger partial charge in [-0.25, -0.2) is 0 Å². The molecule has 0 spiro atoms. The average Bonchev–Trinajstić information content (AvgIpc) is 2.24. The van der Waals surface area contributed by atoms with Crippen LogP contribution in [0.2, 0.25) is 0 Å². The number of amides is 1. The van der Waals surface area contributed by atoms with E-state index in [1.165, 1.54) is 0 Å². The molecule has 0 saturated heterocycles. The largest absolute Gasteiger partial charge is 0.352 e. The van der Waals surface area contributed by atoms with Crippen LogP contribution in [-0.4, -0.2) is 17.4 Å². The van der Waals surface area contributed by atoms with Gasteiger partial charge < -0.3 is 5.32 Å². The van der Waals surface area contributed by atoms with E-state index >= 15 is 0 Å². The maximum Gasteiger partial charge on any atom is 0.252 e. The summed E-state index contributed by atoms with van der Waals surface area (Å²) in [5, 5.41) is 2.86. The number of carbonyl (C=O) groups is 1. The van der Waals surface area contributed by atoms with Gasteiger partial charge in [0, 0.05) is 23.4 Å². The standard InChI is InChI=1S/C11H15BrN2O/c1-2-3-4-5-14-11(15)9-6-10(12)8-13-7-9/h6-8H,2-5H2,1H3,(H,14,15). The summed E-state index contributed by atoms with van der Waals surface area (Å²) < 4.78 is 0.823. The number of aromatic nitrogens is 1. The fourth-order valence-electron chi connectivity index (χ4n) is 1.22. The fourth-order valence-corrected chi connectivity index (χ4v) is 1.58. The van der Waals surface area contributed by atoms with Crippen molar-refractivity contribution >= 4 is 21.8 Å². The van der Waals surface area contributed by atoms with Crippen molar-refractivity contribution in [3.8, 4) is 0 Å². The quantitative estimate of drug-likeness (QED) is 0.837. The molecule has 0 aliphatic carbocycles. The molecule has 1 N–H and O–H groups in total. The summed E-state index contributed by atoms with van der Waals surface area (Å²) in [7, 11) is 0. The maximum absolute atomic E-state index is 11.6. The molecule has 82 valence electrons. The van der Waals surface area contributed by atoms with Gasteiger partial charge in [-0.1, -0.05) is 19.8 Å². The molecule has 1 rings (SSSR count). The van der Waals surface area contributed by atoms with Crippen molar-refractivity contribution in [3.05, 3.63) is 28.5 Å². The molecule has 0 bridgehead atoms. The first-order valence-electron chi connectivity index (χ1n) is 5.12. The summed E-state index contributed by atoms with van der Waals surface area (Å²) in [4.78, 5) is 15.5. The highest BCUT2D eigenvalue weighted by molar-refractivity contribution is 9.10. The van der Waals surface area contributed by atoms with Gasteiger partial charge in [-0.2, -0.15) is 0 Å². The van der Waals surface area contributed by atoms with E-state index in [1.54, 1.807) is 18.5 Å². The number of rotatable bonds is 5. The molecule has 0 saturated carbocycles. The minimum atomic E-state index is -0.0556. The molecule has 0 aromatic carbocycles. The highest BCUT2D eigenvalue weighted by Gasteiger charge is 2.04. The van der Waals surface area contributed by atoms with Crippen LogP contribution in [0.25, 0.3) is 0 Å². The van der Waals surface area contributed by atoms with Crippen molar-refractivity contribution in [2.24, 2.45) is 0 Å². The highest BCUT2D eigenvalue weighted by atomic mass is 79.9. The van der Waals surface area contributed by atoms with Crippen LogP contribution >= 0.6 is 15.9 Å². The van der Waals surface area contributed by atoms with Gasteiger partial charge in [-0.15, -0.1) is 0 Å². The molecule has 0 atom stereocenters. The zero-order valence-corrected chi connectivity index (χ0v) is 10.4. The lowest BCUT2D eigenvalue weighted by Crippen LogP contribution is -2.24. The van der Waals surface area contributed by atoms with Crippen molar-refractivity contribution in [1.29, 1.82) is 0 Å². The molecular formula is C11H15BrN2O. The molecule has 0 radical (unpaired) electrons. The van der Waals surface area contributed by atoms with Crippen LogP contribution in [0.5, 0.6) is 0 Å². The van der Waals surface area contributed by atoms with Crippen LogP contribution in [0.15, 0.2) is 22.9 Å². The zero-order valence-electron chi connectivity index (χ0n) is 8.79. The summed E-state index contributed by atoms with van der Waals surface area (Å²) in [5.41, 5.74) is 0.598. The molecule has 1 aromatic heterocycles. The van der Waals surface area contributed by atoms with Crippen LogP contribution in [-0.2, 0) is 0 Å². The predicted octanol–water partition coefficient (Wildman–Crippen LogP) is 2.76. The smallest absolute Gasteiger partial charge is 0.252 e. The lowest BCUT2D eigenvalue weighted by molar-refractivity contribution is 0.0952. The highest BCUT2D eigenvalue weighted by Crippen LogP contribution is 2.09. The second-order valence-corrected chi connectivity index (χ2v) is 4.27. The van der Waals surface area contributed by atoms with Crippen molar-refractivity contribution < 1.29 is 4.79 Å². The zero-order chi connectivity index (χ0) is 11.1. The maximum atomic E-state index is 11.6. The summed E-state index contributed by atoms with van der Waals surface area (Å²) in [6, 6.07) is 1.77. The van der Waals surface area contributed by atoms with Gasteiger partial charge >= 0.3 is 0 Å². The van der Waals surface area contributed by atoms with E-state index < -0.39 is 0 Å². The van der Waals surface area contributed by atoms with Crippen LogP contribution in [0.1, 0.15) is 36.5 Å². The Morgan fingerprint density at radius 3 is 2.93 bits per heavy atom. The molecular weight excluding hydrogens is 256 g/mol. The third kappa shape index (κ3) is 4.42. The van der Waals surface area contributed by atoms with Crippen LogP contribution in [0.4, 0.5) is 0 Å². The second kappa shape index (κ2) is 6.56. The fraction of sp³-hybridized carbons (Fsp3) is 0.455. The lowest BCUT2D eigenvalue weighted by atomic mass is 10.2. The molecule has 0 aliphatic heterocycles. The van der Waals surface area contributed by atoms with Gasteiger partial charge in [0.15, 0.2) is 0 Å². The molecule has 0 aliphatic rings. The Labute approximate surface area is 98.4 Å². The van der Waals surface area contributed by atoms with Crippen LogP contribution in [0, 0.1) is 0 Å². The summed E-state index contributed by atoms with van der Waals surface area (Å²) in [6.07, 6.45) is 6.57. The summed E-state index contributed by atoms with van der Waals surface area (Å²) in [5.74, 6) is -0.0556. The molecule has 1 amide bonds. The minimum Gasteiger partial charge on any atom is -0.352 e. The van der Waals surface area contributed by atoms with E-state index in [0.29, 0.717) is 5.56 Å². The van der Waals surface area contributed by atoms with Crippen LogP contribution < -0.4 is 5.32 Å². The van der Waals surface area contributed by atoms with Gasteiger partial charge in [-0.3, -0.25) is 9.78 Å². The van der Waals surface area contributed by atoms with Crippen molar-refractivity contribution in [1.82, 2.24) is 10.3 Å². The number of carbonyl (C=O) groups excluding carboxylic acids is 1. The molecule has 3 nitrogen and oxygen atoms in total. The Kier molecular flexibility index (Phi) is 5.32. The molecule has 4 heteroatoms.